The van der Waals surface area contributed by atoms with E-state index < -0.39 is 24.3 Å². The zero-order chi connectivity index (χ0) is 50.6. The molecule has 0 spiro atoms. The Morgan fingerprint density at radius 1 is 0.449 bits per heavy atom. The van der Waals surface area contributed by atoms with Crippen molar-refractivity contribution in [2.45, 2.75) is 257 Å². The lowest BCUT2D eigenvalue weighted by molar-refractivity contribution is -0.870. The molecule has 0 rings (SSSR count). The number of hydrogen-bond acceptors (Lipinski definition) is 8. The summed E-state index contributed by atoms with van der Waals surface area (Å²) in [4.78, 5) is 37.2. The van der Waals surface area contributed by atoms with E-state index in [1.165, 1.54) is 141 Å². The van der Waals surface area contributed by atoms with Crippen LogP contribution >= 0.6 is 0 Å². The Kier molecular flexibility index (Phi) is 49.1. The van der Waals surface area contributed by atoms with Gasteiger partial charge in [0.1, 0.15) is 13.2 Å². The summed E-state index contributed by atoms with van der Waals surface area (Å²) >= 11 is 0. The average molecular weight is 971 g/mol. The minimum Gasteiger partial charge on any atom is -0.545 e. The molecule has 0 saturated carbocycles. The molecule has 0 heterocycles. The third kappa shape index (κ3) is 52.6. The number of ether oxygens (including phenoxy) is 4. The highest BCUT2D eigenvalue weighted by molar-refractivity contribution is 5.70. The maximum Gasteiger partial charge on any atom is 0.306 e. The lowest BCUT2D eigenvalue weighted by Crippen LogP contribution is -2.44. The molecule has 0 fully saturated rings. The van der Waals surface area contributed by atoms with Gasteiger partial charge >= 0.3 is 11.9 Å². The van der Waals surface area contributed by atoms with Gasteiger partial charge in [-0.05, 0) is 57.8 Å². The summed E-state index contributed by atoms with van der Waals surface area (Å²) in [5, 5.41) is 11.8. The van der Waals surface area contributed by atoms with Gasteiger partial charge in [0, 0.05) is 12.8 Å². The molecule has 0 aromatic rings. The molecule has 9 heteroatoms. The van der Waals surface area contributed by atoms with Gasteiger partial charge in [0.05, 0.1) is 40.3 Å². The number of carbonyl (C=O) groups excluding carboxylic acids is 3. The highest BCUT2D eigenvalue weighted by Gasteiger charge is 2.22. The normalized spacial score (nSPS) is 13.2. The van der Waals surface area contributed by atoms with Crippen LogP contribution in [0.2, 0.25) is 0 Å². The minimum atomic E-state index is -1.62. The van der Waals surface area contributed by atoms with E-state index in [9.17, 15) is 19.5 Å². The highest BCUT2D eigenvalue weighted by Crippen LogP contribution is 2.16. The number of carboxylic acid groups (broad SMARTS) is 1. The summed E-state index contributed by atoms with van der Waals surface area (Å²) < 4.78 is 22.7. The monoisotopic (exact) mass is 970 g/mol. The van der Waals surface area contributed by atoms with Crippen molar-refractivity contribution >= 4 is 17.9 Å². The number of allylic oxidation sites excluding steroid dienone is 10. The van der Waals surface area contributed by atoms with Gasteiger partial charge < -0.3 is 33.3 Å². The molecule has 0 amide bonds. The lowest BCUT2D eigenvalue weighted by atomic mass is 10.0. The van der Waals surface area contributed by atoms with Crippen LogP contribution in [0.4, 0.5) is 0 Å². The van der Waals surface area contributed by atoms with Gasteiger partial charge in [-0.15, -0.1) is 0 Å². The average Bonchev–Trinajstić information content (AvgIpc) is 3.31. The van der Waals surface area contributed by atoms with Crippen LogP contribution in [-0.4, -0.2) is 82.3 Å². The quantitative estimate of drug-likeness (QED) is 0.0195. The Hall–Kier alpha value is -3.01. The number of quaternary nitrogens is 1. The predicted molar refractivity (Wildman–Crippen MR) is 288 cm³/mol. The lowest BCUT2D eigenvalue weighted by Gasteiger charge is -2.26. The molecule has 0 aliphatic heterocycles. The van der Waals surface area contributed by atoms with Crippen LogP contribution in [0.5, 0.6) is 0 Å². The van der Waals surface area contributed by atoms with Gasteiger partial charge in [-0.1, -0.05) is 235 Å². The fourth-order valence-corrected chi connectivity index (χ4v) is 7.92. The van der Waals surface area contributed by atoms with Crippen molar-refractivity contribution in [2.24, 2.45) is 0 Å². The third-order valence-corrected chi connectivity index (χ3v) is 12.3. The van der Waals surface area contributed by atoms with E-state index >= 15 is 0 Å². The topological polar surface area (TPSA) is 111 Å². The zero-order valence-electron chi connectivity index (χ0n) is 45.4. The Morgan fingerprint density at radius 2 is 0.826 bits per heavy atom. The van der Waals surface area contributed by atoms with Crippen molar-refractivity contribution in [2.75, 3.05) is 47.5 Å². The zero-order valence-corrected chi connectivity index (χ0v) is 45.4. The van der Waals surface area contributed by atoms with Gasteiger partial charge in [0.2, 0.25) is 0 Å². The van der Waals surface area contributed by atoms with E-state index in [1.54, 1.807) is 0 Å². The van der Waals surface area contributed by atoms with Crippen LogP contribution in [0.15, 0.2) is 60.8 Å². The number of rotatable bonds is 52. The second-order valence-electron chi connectivity index (χ2n) is 20.2. The van der Waals surface area contributed by atoms with Crippen LogP contribution in [0.3, 0.4) is 0 Å². The molecule has 69 heavy (non-hydrogen) atoms. The van der Waals surface area contributed by atoms with Crippen molar-refractivity contribution in [3.05, 3.63) is 60.8 Å². The van der Waals surface area contributed by atoms with Crippen LogP contribution in [0.25, 0.3) is 0 Å². The van der Waals surface area contributed by atoms with E-state index in [4.69, 9.17) is 18.9 Å². The van der Waals surface area contributed by atoms with E-state index in [0.29, 0.717) is 23.9 Å². The first-order valence-corrected chi connectivity index (χ1v) is 28.4. The number of esters is 2. The van der Waals surface area contributed by atoms with E-state index in [-0.39, 0.29) is 32.2 Å². The Morgan fingerprint density at radius 3 is 1.23 bits per heavy atom. The molecule has 0 radical (unpaired) electrons. The molecule has 0 N–H and O–H groups in total. The fourth-order valence-electron chi connectivity index (χ4n) is 7.92. The number of nitrogens with zero attached hydrogens (tertiary/aromatic N) is 1. The summed E-state index contributed by atoms with van der Waals surface area (Å²) in [5.41, 5.74) is 0. The number of likely N-dealkylation sites (N-methyl/N-ethyl adjacent to an activating group) is 1. The predicted octanol–water partition coefficient (Wildman–Crippen LogP) is 15.1. The van der Waals surface area contributed by atoms with Crippen LogP contribution in [0, 0.1) is 0 Å². The molecule has 0 aromatic carbocycles. The minimum absolute atomic E-state index is 0.148. The van der Waals surface area contributed by atoms with Crippen molar-refractivity contribution in [1.29, 1.82) is 0 Å². The van der Waals surface area contributed by atoms with Crippen molar-refractivity contribution in [3.63, 3.8) is 0 Å². The highest BCUT2D eigenvalue weighted by atomic mass is 16.7. The maximum atomic E-state index is 12.9. The SMILES string of the molecule is CC/C=C\C/C=C\C/C=C\C/C=C\C/C=C\CCCCCCCCCCCCCCCC(=O)OC(COC(=O)CCCCCCCCCCCCCCCCC)COC(OCC[N+](C)(C)C)C(=O)[O-]. The summed E-state index contributed by atoms with van der Waals surface area (Å²) in [6.45, 7) is 4.65. The van der Waals surface area contributed by atoms with Crippen molar-refractivity contribution in [1.82, 2.24) is 0 Å². The first kappa shape index (κ1) is 66.0. The number of hydrogen-bond donors (Lipinski definition) is 0. The molecule has 0 bridgehead atoms. The molecule has 2 atom stereocenters. The Labute approximate surface area is 425 Å². The molecule has 9 nitrogen and oxygen atoms in total. The van der Waals surface area contributed by atoms with Gasteiger partial charge in [-0.25, -0.2) is 0 Å². The maximum absolute atomic E-state index is 12.9. The summed E-state index contributed by atoms with van der Waals surface area (Å²) in [5.74, 6) is -2.27. The Balaban J connectivity index is 4.19. The van der Waals surface area contributed by atoms with Crippen molar-refractivity contribution < 1.29 is 42.9 Å². The van der Waals surface area contributed by atoms with Crippen LogP contribution in [-0.2, 0) is 33.3 Å². The van der Waals surface area contributed by atoms with E-state index in [2.05, 4.69) is 74.6 Å². The third-order valence-electron chi connectivity index (χ3n) is 12.3. The summed E-state index contributed by atoms with van der Waals surface area (Å²) in [6.07, 6.45) is 61.2. The van der Waals surface area contributed by atoms with Gasteiger partial charge in [-0.3, -0.25) is 9.59 Å². The number of carboxylic acids is 1. The molecule has 0 aliphatic rings. The fraction of sp³-hybridized carbons (Fsp3) is 0.783. The summed E-state index contributed by atoms with van der Waals surface area (Å²) in [6, 6.07) is 0. The van der Waals surface area contributed by atoms with Gasteiger partial charge in [0.25, 0.3) is 0 Å². The molecule has 0 saturated heterocycles. The smallest absolute Gasteiger partial charge is 0.306 e. The first-order chi connectivity index (χ1) is 33.6. The molecule has 0 aromatic heterocycles. The summed E-state index contributed by atoms with van der Waals surface area (Å²) in [7, 11) is 5.92. The second-order valence-corrected chi connectivity index (χ2v) is 20.2. The molecular weight excluding hydrogens is 863 g/mol. The van der Waals surface area contributed by atoms with Gasteiger partial charge in [0.15, 0.2) is 12.4 Å². The number of carbonyl (C=O) groups is 3. The van der Waals surface area contributed by atoms with E-state index in [0.717, 1.165) is 70.6 Å². The van der Waals surface area contributed by atoms with Crippen molar-refractivity contribution in [3.8, 4) is 0 Å². The number of aliphatic carboxylic acids is 1. The largest absolute Gasteiger partial charge is 0.545 e. The van der Waals surface area contributed by atoms with Gasteiger partial charge in [-0.2, -0.15) is 0 Å². The molecular formula is C60H107NO8. The number of unbranched alkanes of at least 4 members (excludes halogenated alkanes) is 27. The standard InChI is InChI=1S/C60H107NO8/c1-6-8-10-12-14-16-18-20-22-23-24-25-26-27-28-29-30-31-32-33-34-35-37-39-41-43-45-47-49-51-58(63)69-56(55-68-60(59(64)65)66-53-52-61(3,4)5)54-67-57(62)50-48-46-44-42-40-38-36-21-19-17-15-13-11-9-7-2/h8,10,14,16,20,22,24-25,27-28,56,60H,6-7,9,11-13,15,17-19,21,23,26,29-55H2,1-5H3/b10-8-,16-14-,22-20-,25-24-,28-27-. The van der Waals surface area contributed by atoms with Crippen LogP contribution in [0.1, 0.15) is 245 Å². The first-order valence-electron chi connectivity index (χ1n) is 28.4. The molecule has 400 valence electrons. The second kappa shape index (κ2) is 51.3. The molecule has 0 aliphatic carbocycles. The molecule has 2 unspecified atom stereocenters. The van der Waals surface area contributed by atoms with E-state index in [1.807, 2.05) is 21.1 Å². The van der Waals surface area contributed by atoms with Crippen LogP contribution < -0.4 is 5.11 Å². The Bertz CT molecular complexity index is 1310.